The molecule has 15 heteroatoms. The molecule has 0 aromatic carbocycles. The minimum atomic E-state index is -3.39. The number of nitrogens with one attached hydrogen (secondary N) is 1. The number of aromatic nitrogens is 4. The zero-order chi connectivity index (χ0) is 21.1. The Morgan fingerprint density at radius 2 is 2.28 bits per heavy atom. The normalized spacial score (nSPS) is 34.9. The number of rotatable bonds is 4. The van der Waals surface area contributed by atoms with Crippen LogP contribution in [0.1, 0.15) is 20.1 Å². The van der Waals surface area contributed by atoms with Gasteiger partial charge in [-0.15, -0.1) is 0 Å². The molecule has 2 saturated heterocycles. The van der Waals surface area contributed by atoms with Crippen molar-refractivity contribution in [2.75, 3.05) is 12.3 Å². The molecule has 0 bridgehead atoms. The van der Waals surface area contributed by atoms with Crippen LogP contribution in [0.4, 0.5) is 14.7 Å². The van der Waals surface area contributed by atoms with E-state index in [1.165, 1.54) is 0 Å². The van der Waals surface area contributed by atoms with Crippen molar-refractivity contribution in [1.82, 2.24) is 19.5 Å². The van der Waals surface area contributed by atoms with Crippen molar-refractivity contribution in [2.24, 2.45) is 0 Å². The lowest BCUT2D eigenvalue weighted by Gasteiger charge is -2.41. The number of nitrogens with zero attached hydrogens (tertiary/aromatic N) is 3. The van der Waals surface area contributed by atoms with Gasteiger partial charge in [0.1, 0.15) is 18.5 Å². The maximum Gasteiger partial charge on any atom is 0.328 e. The van der Waals surface area contributed by atoms with Gasteiger partial charge in [-0.3, -0.25) is 18.9 Å². The van der Waals surface area contributed by atoms with Crippen LogP contribution in [-0.2, 0) is 30.1 Å². The Morgan fingerprint density at radius 1 is 1.55 bits per heavy atom. The topological polar surface area (TPSA) is 147 Å². The Labute approximate surface area is 167 Å². The second kappa shape index (κ2) is 7.01. The molecule has 4 rings (SSSR count). The van der Waals surface area contributed by atoms with E-state index >= 15 is 0 Å². The van der Waals surface area contributed by atoms with Crippen LogP contribution in [0.3, 0.4) is 0 Å². The molecule has 0 radical (unpaired) electrons. The molecule has 2 aliphatic heterocycles. The van der Waals surface area contributed by atoms with Gasteiger partial charge in [0.15, 0.2) is 23.0 Å². The summed E-state index contributed by atoms with van der Waals surface area (Å²) in [4.78, 5) is 22.4. The number of imidazole rings is 1. The smallest absolute Gasteiger partial charge is 0.328 e. The van der Waals surface area contributed by atoms with E-state index < -0.39 is 49.3 Å². The largest absolute Gasteiger partial charge is 0.386 e. The fourth-order valence-electron chi connectivity index (χ4n) is 3.35. The lowest BCUT2D eigenvalue weighted by molar-refractivity contribution is -0.204. The Balaban J connectivity index is 1.76. The highest BCUT2D eigenvalue weighted by Gasteiger charge is 2.66. The van der Waals surface area contributed by atoms with E-state index in [9.17, 15) is 18.7 Å². The molecule has 4 heterocycles. The van der Waals surface area contributed by atoms with Crippen LogP contribution in [0.2, 0.25) is 0 Å². The first-order chi connectivity index (χ1) is 13.6. The zero-order valence-corrected chi connectivity index (χ0v) is 16.9. The first-order valence-electron chi connectivity index (χ1n) is 8.54. The number of nitrogens with two attached hydrogens (primary N) is 1. The highest BCUT2D eigenvalue weighted by molar-refractivity contribution is 8.07. The summed E-state index contributed by atoms with van der Waals surface area (Å²) in [7, 11) is 0. The molecule has 4 N–H and O–H groups in total. The number of halogens is 2. The van der Waals surface area contributed by atoms with Crippen LogP contribution >= 0.6 is 6.72 Å². The Morgan fingerprint density at radius 3 is 2.93 bits per heavy atom. The van der Waals surface area contributed by atoms with Crippen molar-refractivity contribution in [3.8, 4) is 0 Å². The average molecular weight is 453 g/mol. The molecule has 1 unspecified atom stereocenters. The van der Waals surface area contributed by atoms with E-state index in [0.29, 0.717) is 0 Å². The summed E-state index contributed by atoms with van der Waals surface area (Å²) in [6.07, 6.45) is -6.95. The molecule has 29 heavy (non-hydrogen) atoms. The van der Waals surface area contributed by atoms with E-state index in [1.807, 2.05) is 0 Å². The third-order valence-corrected chi connectivity index (χ3v) is 7.00. The van der Waals surface area contributed by atoms with Gasteiger partial charge in [0.25, 0.3) is 12.0 Å². The predicted octanol–water partition coefficient (Wildman–Crippen LogP) is 0.660. The quantitative estimate of drug-likeness (QED) is 0.564. The number of hydrogen-bond donors (Lipinski definition) is 3. The van der Waals surface area contributed by atoms with E-state index in [4.69, 9.17) is 35.8 Å². The molecule has 2 aromatic rings. The van der Waals surface area contributed by atoms with Crippen molar-refractivity contribution in [2.45, 2.75) is 50.4 Å². The molecule has 2 aliphatic rings. The third-order valence-electron chi connectivity index (χ3n) is 4.56. The van der Waals surface area contributed by atoms with Crippen LogP contribution in [0.15, 0.2) is 11.1 Å². The summed E-state index contributed by atoms with van der Waals surface area (Å²) in [5, 5.41) is 10.8. The Hall–Kier alpha value is -1.54. The van der Waals surface area contributed by atoms with Gasteiger partial charge in [0.2, 0.25) is 5.95 Å². The van der Waals surface area contributed by atoms with Gasteiger partial charge >= 0.3 is 6.72 Å². The van der Waals surface area contributed by atoms with Crippen molar-refractivity contribution < 1.29 is 32.2 Å². The number of aliphatic hydroxyl groups is 1. The van der Waals surface area contributed by atoms with Crippen molar-refractivity contribution >= 4 is 35.6 Å². The highest BCUT2D eigenvalue weighted by atomic mass is 32.5. The van der Waals surface area contributed by atoms with Gasteiger partial charge in [0, 0.05) is 0 Å². The summed E-state index contributed by atoms with van der Waals surface area (Å²) in [5.41, 5.74) is 2.36. The number of H-pyrrole nitrogens is 1. The van der Waals surface area contributed by atoms with Crippen LogP contribution in [-0.4, -0.2) is 61.6 Å². The second-order valence-electron chi connectivity index (χ2n) is 6.93. The van der Waals surface area contributed by atoms with E-state index in [0.717, 1.165) is 10.9 Å². The summed E-state index contributed by atoms with van der Waals surface area (Å²) in [5.74, 6) is -0.165. The predicted molar refractivity (Wildman–Crippen MR) is 98.8 cm³/mol. The summed E-state index contributed by atoms with van der Waals surface area (Å²) >= 11 is 5.23. The molecule has 0 spiro atoms. The third kappa shape index (κ3) is 3.28. The summed E-state index contributed by atoms with van der Waals surface area (Å²) < 4.78 is 51.1. The van der Waals surface area contributed by atoms with Gasteiger partial charge in [-0.05, 0) is 25.7 Å². The molecule has 0 aliphatic carbocycles. The van der Waals surface area contributed by atoms with Crippen molar-refractivity contribution in [1.29, 1.82) is 0 Å². The maximum atomic E-state index is 14.0. The number of alkyl halides is 2. The average Bonchev–Trinajstić information content (AvgIpc) is 3.14. The maximum absolute atomic E-state index is 14.0. The van der Waals surface area contributed by atoms with Crippen LogP contribution in [0.5, 0.6) is 0 Å². The van der Waals surface area contributed by atoms with Gasteiger partial charge < -0.3 is 24.6 Å². The standard InChI is InChI=1S/C14H18F2N5O6PS/c1-5(2)26-28(29)24-3-14(12(15)16)8(27-28)7(22)11(25-14)21-4-18-9-6(21)10(23)20-13(17)19-9/h4-5,7-8,11-12,22H,3H2,1-2H3,(H3,17,19,20,23)/t7-,8-,11+,14+,28?/m0/s1. The zero-order valence-electron chi connectivity index (χ0n) is 15.2. The fourth-order valence-corrected chi connectivity index (χ4v) is 5.93. The SMILES string of the molecule is CC(C)OP1(=S)OC[C@@]2(C(F)F)O[C@@H](n3cnc4nc(N)[nH]c(=O)c43)[C@@H](O)[C@@H]2O1. The van der Waals surface area contributed by atoms with E-state index in [1.54, 1.807) is 13.8 Å². The monoisotopic (exact) mass is 453 g/mol. The summed E-state index contributed by atoms with van der Waals surface area (Å²) in [6.45, 7) is -0.674. The molecular formula is C14H18F2N5O6PS. The number of aromatic amines is 1. The number of anilines is 1. The lowest BCUT2D eigenvalue weighted by atomic mass is 9.96. The molecular weight excluding hydrogens is 435 g/mol. The molecule has 160 valence electrons. The number of fused-ring (bicyclic) bond motifs is 2. The Kier molecular flexibility index (Phi) is 5.01. The minimum Gasteiger partial charge on any atom is -0.386 e. The van der Waals surface area contributed by atoms with Crippen LogP contribution in [0.25, 0.3) is 11.2 Å². The van der Waals surface area contributed by atoms with Gasteiger partial charge in [-0.25, -0.2) is 13.8 Å². The molecule has 0 amide bonds. The molecule has 2 aromatic heterocycles. The molecule has 11 nitrogen and oxygen atoms in total. The number of nitrogen functional groups attached to an aromatic ring is 1. The number of hydrogen-bond acceptors (Lipinski definition) is 10. The van der Waals surface area contributed by atoms with Crippen molar-refractivity contribution in [3.05, 3.63) is 16.7 Å². The van der Waals surface area contributed by atoms with Crippen LogP contribution in [0, 0.1) is 0 Å². The summed E-state index contributed by atoms with van der Waals surface area (Å²) in [6, 6.07) is 0. The van der Waals surface area contributed by atoms with Gasteiger partial charge in [0.05, 0.1) is 12.7 Å². The minimum absolute atomic E-state index is 0.0338. The fraction of sp³-hybridized carbons (Fsp3) is 0.643. The lowest BCUT2D eigenvalue weighted by Crippen LogP contribution is -2.56. The van der Waals surface area contributed by atoms with Gasteiger partial charge in [-0.2, -0.15) is 4.98 Å². The van der Waals surface area contributed by atoms with E-state index in [2.05, 4.69) is 15.0 Å². The highest BCUT2D eigenvalue weighted by Crippen LogP contribution is 2.61. The van der Waals surface area contributed by atoms with Gasteiger partial charge in [-0.1, -0.05) is 0 Å². The second-order valence-corrected chi connectivity index (χ2v) is 9.85. The van der Waals surface area contributed by atoms with Crippen molar-refractivity contribution in [3.63, 3.8) is 0 Å². The van der Waals surface area contributed by atoms with E-state index in [-0.39, 0.29) is 23.2 Å². The first kappa shape index (κ1) is 20.7. The molecule has 5 atom stereocenters. The molecule has 0 saturated carbocycles. The number of ether oxygens (including phenoxy) is 1. The first-order valence-corrected chi connectivity index (χ1v) is 11.1. The molecule has 2 fully saturated rings. The number of aliphatic hydroxyl groups excluding tert-OH is 1. The Bertz CT molecular complexity index is 1050. The van der Waals surface area contributed by atoms with Crippen LogP contribution < -0.4 is 11.3 Å².